The molecule has 1 amide bonds. The molecule has 0 radical (unpaired) electrons. The van der Waals surface area contributed by atoms with Gasteiger partial charge in [-0.1, -0.05) is 0 Å². The number of hydrogen-bond acceptors (Lipinski definition) is 2. The summed E-state index contributed by atoms with van der Waals surface area (Å²) in [6, 6.07) is 1.11. The van der Waals surface area contributed by atoms with Crippen molar-refractivity contribution in [3.63, 3.8) is 0 Å². The van der Waals surface area contributed by atoms with E-state index in [1.54, 1.807) is 6.92 Å². The van der Waals surface area contributed by atoms with Crippen LogP contribution in [0.4, 0.5) is 13.2 Å². The van der Waals surface area contributed by atoms with E-state index in [-0.39, 0.29) is 12.0 Å². The lowest BCUT2D eigenvalue weighted by atomic mass is 10.1. The number of hydrogen-bond donors (Lipinski definition) is 1. The van der Waals surface area contributed by atoms with Gasteiger partial charge in [0.25, 0.3) is 0 Å². The summed E-state index contributed by atoms with van der Waals surface area (Å²) in [5, 5.41) is 9.09. The molecule has 1 N–H and O–H groups in total. The van der Waals surface area contributed by atoms with Gasteiger partial charge in [0.1, 0.15) is 5.82 Å². The summed E-state index contributed by atoms with van der Waals surface area (Å²) in [7, 11) is 1.50. The summed E-state index contributed by atoms with van der Waals surface area (Å²) < 4.78 is 39.0. The second-order valence-electron chi connectivity index (χ2n) is 4.49. The first kappa shape index (κ1) is 15.5. The molecule has 1 aromatic rings. The Balaban J connectivity index is 2.69. The molecule has 0 aliphatic rings. The van der Waals surface area contributed by atoms with Gasteiger partial charge in [-0.15, -0.1) is 0 Å². The zero-order chi connectivity index (χ0) is 14.6. The number of benzene rings is 1. The van der Waals surface area contributed by atoms with E-state index >= 15 is 0 Å². The lowest BCUT2D eigenvalue weighted by molar-refractivity contribution is -0.129. The summed E-state index contributed by atoms with van der Waals surface area (Å²) in [4.78, 5) is 13.0. The first-order valence-electron chi connectivity index (χ1n) is 5.86. The first-order chi connectivity index (χ1) is 8.81. The largest absolute Gasteiger partial charge is 0.393 e. The van der Waals surface area contributed by atoms with E-state index in [1.165, 1.54) is 11.9 Å². The topological polar surface area (TPSA) is 40.5 Å². The van der Waals surface area contributed by atoms with Gasteiger partial charge < -0.3 is 10.0 Å². The molecule has 0 aromatic heterocycles. The monoisotopic (exact) mass is 275 g/mol. The van der Waals surface area contributed by atoms with Gasteiger partial charge in [0.15, 0.2) is 11.6 Å². The summed E-state index contributed by atoms with van der Waals surface area (Å²) in [6.45, 7) is 1.90. The predicted molar refractivity (Wildman–Crippen MR) is 64.0 cm³/mol. The van der Waals surface area contributed by atoms with Crippen LogP contribution in [0, 0.1) is 17.5 Å². The van der Waals surface area contributed by atoms with E-state index in [2.05, 4.69) is 0 Å². The summed E-state index contributed by atoms with van der Waals surface area (Å²) in [5.74, 6) is -3.84. The van der Waals surface area contributed by atoms with E-state index < -0.39 is 29.5 Å². The van der Waals surface area contributed by atoms with E-state index in [4.69, 9.17) is 5.11 Å². The highest BCUT2D eigenvalue weighted by Gasteiger charge is 2.16. The van der Waals surface area contributed by atoms with Gasteiger partial charge >= 0.3 is 0 Å². The zero-order valence-electron chi connectivity index (χ0n) is 10.8. The van der Waals surface area contributed by atoms with Crippen LogP contribution in [-0.2, 0) is 11.2 Å². The number of amides is 1. The number of nitrogens with zero attached hydrogens (tertiary/aromatic N) is 1. The molecule has 1 unspecified atom stereocenters. The van der Waals surface area contributed by atoms with Crippen molar-refractivity contribution in [2.75, 3.05) is 13.6 Å². The van der Waals surface area contributed by atoms with Crippen molar-refractivity contribution < 1.29 is 23.1 Å². The van der Waals surface area contributed by atoms with Crippen molar-refractivity contribution in [3.05, 3.63) is 35.1 Å². The van der Waals surface area contributed by atoms with E-state index in [1.807, 2.05) is 0 Å². The summed E-state index contributed by atoms with van der Waals surface area (Å²) in [6.07, 6.45) is -0.503. The van der Waals surface area contributed by atoms with Crippen LogP contribution in [0.15, 0.2) is 12.1 Å². The summed E-state index contributed by atoms with van der Waals surface area (Å²) >= 11 is 0. The number of carbonyl (C=O) groups is 1. The number of carbonyl (C=O) groups excluding carboxylic acids is 1. The highest BCUT2D eigenvalue weighted by Crippen LogP contribution is 2.15. The average molecular weight is 275 g/mol. The number of aliphatic hydroxyl groups excluding tert-OH is 1. The molecular weight excluding hydrogens is 259 g/mol. The lowest BCUT2D eigenvalue weighted by Crippen LogP contribution is -2.31. The molecular formula is C13H16F3NO2. The maximum absolute atomic E-state index is 13.4. The lowest BCUT2D eigenvalue weighted by Gasteiger charge is -2.18. The van der Waals surface area contributed by atoms with Crippen molar-refractivity contribution in [1.82, 2.24) is 4.90 Å². The van der Waals surface area contributed by atoms with Crippen LogP contribution in [0.5, 0.6) is 0 Å². The Kier molecular flexibility index (Phi) is 5.35. The molecule has 6 heteroatoms. The molecule has 0 fully saturated rings. The van der Waals surface area contributed by atoms with Crippen LogP contribution >= 0.6 is 0 Å². The van der Waals surface area contributed by atoms with Gasteiger partial charge in [-0.05, 0) is 19.4 Å². The van der Waals surface area contributed by atoms with Gasteiger partial charge in [0, 0.05) is 25.2 Å². The minimum absolute atomic E-state index is 0.187. The van der Waals surface area contributed by atoms with Crippen molar-refractivity contribution in [3.8, 4) is 0 Å². The molecule has 3 nitrogen and oxygen atoms in total. The Hall–Kier alpha value is -1.56. The van der Waals surface area contributed by atoms with Crippen LogP contribution in [-0.4, -0.2) is 35.6 Å². The molecule has 1 atom stereocenters. The summed E-state index contributed by atoms with van der Waals surface area (Å²) in [5.41, 5.74) is -0.187. The Labute approximate surface area is 109 Å². The molecule has 0 bridgehead atoms. The minimum atomic E-state index is -1.28. The van der Waals surface area contributed by atoms with Crippen LogP contribution in [0.1, 0.15) is 18.9 Å². The van der Waals surface area contributed by atoms with E-state index in [9.17, 15) is 18.0 Å². The maximum atomic E-state index is 13.4. The van der Waals surface area contributed by atoms with Crippen LogP contribution < -0.4 is 0 Å². The smallest absolute Gasteiger partial charge is 0.226 e. The van der Waals surface area contributed by atoms with Crippen molar-refractivity contribution in [2.24, 2.45) is 0 Å². The highest BCUT2D eigenvalue weighted by atomic mass is 19.2. The number of aliphatic hydroxyl groups is 1. The van der Waals surface area contributed by atoms with Crippen LogP contribution in [0.3, 0.4) is 0 Å². The Morgan fingerprint density at radius 2 is 1.84 bits per heavy atom. The van der Waals surface area contributed by atoms with Crippen LogP contribution in [0.2, 0.25) is 0 Å². The predicted octanol–water partition coefficient (Wildman–Crippen LogP) is 1.88. The van der Waals surface area contributed by atoms with Gasteiger partial charge in [-0.25, -0.2) is 13.2 Å². The molecule has 1 rings (SSSR count). The molecule has 0 saturated carbocycles. The number of halogens is 3. The first-order valence-corrected chi connectivity index (χ1v) is 5.86. The molecule has 0 aliphatic carbocycles. The number of likely N-dealkylation sites (N-methyl/N-ethyl adjacent to an activating group) is 1. The van der Waals surface area contributed by atoms with Crippen molar-refractivity contribution in [1.29, 1.82) is 0 Å². The van der Waals surface area contributed by atoms with E-state index in [0.29, 0.717) is 25.1 Å². The molecule has 106 valence electrons. The zero-order valence-corrected chi connectivity index (χ0v) is 10.8. The minimum Gasteiger partial charge on any atom is -0.393 e. The van der Waals surface area contributed by atoms with Gasteiger partial charge in [-0.2, -0.15) is 0 Å². The second kappa shape index (κ2) is 6.56. The normalized spacial score (nSPS) is 12.3. The molecule has 0 saturated heterocycles. The Morgan fingerprint density at radius 3 is 2.42 bits per heavy atom. The Bertz CT molecular complexity index is 463. The molecule has 0 spiro atoms. The van der Waals surface area contributed by atoms with Gasteiger partial charge in [0.2, 0.25) is 5.91 Å². The second-order valence-corrected chi connectivity index (χ2v) is 4.49. The average Bonchev–Trinajstić information content (AvgIpc) is 2.32. The Morgan fingerprint density at radius 1 is 1.26 bits per heavy atom. The SMILES string of the molecule is CC(O)CCN(C)C(=O)Cc1cc(F)c(F)cc1F. The number of rotatable bonds is 5. The molecule has 19 heavy (non-hydrogen) atoms. The maximum Gasteiger partial charge on any atom is 0.226 e. The standard InChI is InChI=1S/C13H16F3NO2/c1-8(18)3-4-17(2)13(19)6-9-5-11(15)12(16)7-10(9)14/h5,7-8,18H,3-4,6H2,1-2H3. The van der Waals surface area contributed by atoms with Crippen molar-refractivity contribution in [2.45, 2.75) is 25.9 Å². The third-order valence-electron chi connectivity index (χ3n) is 2.74. The quantitative estimate of drug-likeness (QED) is 0.833. The fourth-order valence-corrected chi connectivity index (χ4v) is 1.50. The highest BCUT2D eigenvalue weighted by molar-refractivity contribution is 5.78. The third kappa shape index (κ3) is 4.55. The fourth-order valence-electron chi connectivity index (χ4n) is 1.50. The van der Waals surface area contributed by atoms with Gasteiger partial charge in [0.05, 0.1) is 12.5 Å². The third-order valence-corrected chi connectivity index (χ3v) is 2.74. The van der Waals surface area contributed by atoms with Crippen molar-refractivity contribution >= 4 is 5.91 Å². The molecule has 0 aliphatic heterocycles. The molecule has 1 aromatic carbocycles. The van der Waals surface area contributed by atoms with Gasteiger partial charge in [-0.3, -0.25) is 4.79 Å². The molecule has 0 heterocycles. The van der Waals surface area contributed by atoms with Crippen LogP contribution in [0.25, 0.3) is 0 Å². The fraction of sp³-hybridized carbons (Fsp3) is 0.462. The van der Waals surface area contributed by atoms with E-state index in [0.717, 1.165) is 0 Å².